The van der Waals surface area contributed by atoms with Gasteiger partial charge < -0.3 is 16.4 Å². The fourth-order valence-electron chi connectivity index (χ4n) is 5.14. The molecule has 194 valence electrons. The predicted molar refractivity (Wildman–Crippen MR) is 126 cm³/mol. The van der Waals surface area contributed by atoms with Crippen molar-refractivity contribution in [1.29, 1.82) is 5.26 Å². The van der Waals surface area contributed by atoms with Crippen molar-refractivity contribution in [2.24, 2.45) is 11.7 Å². The maximum Gasteiger partial charge on any atom is 0.250 e. The SMILES string of the molecule is N#Cc1cc(F)c(Nc2nc3cnc(N[C@@H]4CCC(F)(F)C4)nc3n2C2CCC(C(N)=O)CC2)c(F)c1. The van der Waals surface area contributed by atoms with Gasteiger partial charge in [-0.15, -0.1) is 0 Å². The molecule has 37 heavy (non-hydrogen) atoms. The van der Waals surface area contributed by atoms with Gasteiger partial charge in [0.1, 0.15) is 11.2 Å². The number of primary amides is 1. The second-order valence-corrected chi connectivity index (χ2v) is 9.61. The summed E-state index contributed by atoms with van der Waals surface area (Å²) in [6.45, 7) is 0. The Balaban J connectivity index is 1.52. The second kappa shape index (κ2) is 9.49. The third-order valence-corrected chi connectivity index (χ3v) is 7.04. The predicted octanol–water partition coefficient (Wildman–Crippen LogP) is 4.54. The lowest BCUT2D eigenvalue weighted by Gasteiger charge is -2.29. The van der Waals surface area contributed by atoms with Crippen LogP contribution in [-0.4, -0.2) is 37.4 Å². The number of rotatable bonds is 6. The molecule has 2 fully saturated rings. The van der Waals surface area contributed by atoms with Gasteiger partial charge >= 0.3 is 0 Å². The van der Waals surface area contributed by atoms with E-state index in [0.29, 0.717) is 36.8 Å². The van der Waals surface area contributed by atoms with Gasteiger partial charge in [0.25, 0.3) is 0 Å². The van der Waals surface area contributed by atoms with Crippen LogP contribution in [0.1, 0.15) is 56.6 Å². The summed E-state index contributed by atoms with van der Waals surface area (Å²) in [4.78, 5) is 24.8. The molecule has 9 nitrogen and oxygen atoms in total. The second-order valence-electron chi connectivity index (χ2n) is 9.61. The van der Waals surface area contributed by atoms with Crippen molar-refractivity contribution in [3.8, 4) is 6.07 Å². The topological polar surface area (TPSA) is 135 Å². The highest BCUT2D eigenvalue weighted by Gasteiger charge is 2.39. The van der Waals surface area contributed by atoms with Crippen LogP contribution in [0.5, 0.6) is 0 Å². The first-order valence-corrected chi connectivity index (χ1v) is 12.0. The van der Waals surface area contributed by atoms with Crippen LogP contribution < -0.4 is 16.4 Å². The van der Waals surface area contributed by atoms with Crippen molar-refractivity contribution < 1.29 is 22.4 Å². The molecule has 0 unspecified atom stereocenters. The molecule has 5 rings (SSSR count). The highest BCUT2D eigenvalue weighted by atomic mass is 19.3. The van der Waals surface area contributed by atoms with Crippen molar-refractivity contribution in [3.63, 3.8) is 0 Å². The molecule has 2 aromatic heterocycles. The van der Waals surface area contributed by atoms with Gasteiger partial charge in [-0.05, 0) is 44.2 Å². The largest absolute Gasteiger partial charge is 0.369 e. The molecule has 0 radical (unpaired) electrons. The van der Waals surface area contributed by atoms with Crippen LogP contribution in [0.4, 0.5) is 35.1 Å². The van der Waals surface area contributed by atoms with Gasteiger partial charge in [0, 0.05) is 30.8 Å². The summed E-state index contributed by atoms with van der Waals surface area (Å²) >= 11 is 0. The molecule has 0 spiro atoms. The Kier molecular flexibility index (Phi) is 6.35. The number of fused-ring (bicyclic) bond motifs is 1. The summed E-state index contributed by atoms with van der Waals surface area (Å²) in [6, 6.07) is 2.80. The van der Waals surface area contributed by atoms with E-state index in [2.05, 4.69) is 25.6 Å². The first-order valence-electron chi connectivity index (χ1n) is 12.0. The van der Waals surface area contributed by atoms with Gasteiger partial charge in [-0.2, -0.15) is 10.2 Å². The summed E-state index contributed by atoms with van der Waals surface area (Å²) in [6.07, 6.45) is 3.26. The highest BCUT2D eigenvalue weighted by molar-refractivity contribution is 5.78. The third kappa shape index (κ3) is 5.00. The number of nitrogens with zero attached hydrogens (tertiary/aromatic N) is 5. The molecule has 4 N–H and O–H groups in total. The van der Waals surface area contributed by atoms with Crippen LogP contribution >= 0.6 is 0 Å². The molecule has 2 aliphatic carbocycles. The van der Waals surface area contributed by atoms with E-state index in [1.165, 1.54) is 6.20 Å². The zero-order chi connectivity index (χ0) is 26.3. The minimum atomic E-state index is -2.74. The van der Waals surface area contributed by atoms with E-state index in [1.54, 1.807) is 10.6 Å². The minimum absolute atomic E-state index is 0.0962. The average Bonchev–Trinajstić information content (AvgIpc) is 3.39. The zero-order valence-electron chi connectivity index (χ0n) is 19.6. The maximum atomic E-state index is 14.7. The number of halogens is 4. The lowest BCUT2D eigenvalue weighted by molar-refractivity contribution is -0.122. The molecule has 2 heterocycles. The quantitative estimate of drug-likeness (QED) is 0.410. The Hall–Kier alpha value is -3.95. The summed E-state index contributed by atoms with van der Waals surface area (Å²) in [7, 11) is 0. The number of alkyl halides is 2. The van der Waals surface area contributed by atoms with Gasteiger partial charge in [-0.1, -0.05) is 0 Å². The minimum Gasteiger partial charge on any atom is -0.369 e. The number of benzene rings is 1. The van der Waals surface area contributed by atoms with Crippen molar-refractivity contribution in [2.45, 2.75) is 63.0 Å². The van der Waals surface area contributed by atoms with Crippen molar-refractivity contribution in [1.82, 2.24) is 19.5 Å². The summed E-state index contributed by atoms with van der Waals surface area (Å²) in [5, 5.41) is 14.6. The number of imidazole rings is 1. The average molecular weight is 517 g/mol. The van der Waals surface area contributed by atoms with Crippen LogP contribution in [0.2, 0.25) is 0 Å². The Morgan fingerprint density at radius 1 is 1.14 bits per heavy atom. The molecule has 3 aromatic rings. The summed E-state index contributed by atoms with van der Waals surface area (Å²) < 4.78 is 58.3. The Bertz CT molecular complexity index is 1370. The summed E-state index contributed by atoms with van der Waals surface area (Å²) in [5.74, 6) is -5.09. The van der Waals surface area contributed by atoms with Crippen molar-refractivity contribution in [2.75, 3.05) is 10.6 Å². The fraction of sp³-hybridized carbons (Fsp3) is 0.458. The van der Waals surface area contributed by atoms with Crippen molar-refractivity contribution in [3.05, 3.63) is 35.5 Å². The number of hydrogen-bond donors (Lipinski definition) is 3. The molecule has 0 saturated heterocycles. The molecule has 2 saturated carbocycles. The van der Waals surface area contributed by atoms with Gasteiger partial charge in [0.05, 0.1) is 17.8 Å². The van der Waals surface area contributed by atoms with Crippen LogP contribution in [-0.2, 0) is 4.79 Å². The lowest BCUT2D eigenvalue weighted by Crippen LogP contribution is -2.29. The van der Waals surface area contributed by atoms with Crippen LogP contribution in [0.15, 0.2) is 18.3 Å². The number of nitrogens with two attached hydrogens (primary N) is 1. The maximum absolute atomic E-state index is 14.7. The first-order chi connectivity index (χ1) is 17.6. The Morgan fingerprint density at radius 2 is 1.84 bits per heavy atom. The van der Waals surface area contributed by atoms with E-state index in [4.69, 9.17) is 11.0 Å². The van der Waals surface area contributed by atoms with E-state index in [9.17, 15) is 22.4 Å². The monoisotopic (exact) mass is 516 g/mol. The van der Waals surface area contributed by atoms with E-state index < -0.39 is 29.3 Å². The normalized spacial score (nSPS) is 23.1. The molecule has 0 aliphatic heterocycles. The number of nitrogens with one attached hydrogen (secondary N) is 2. The lowest BCUT2D eigenvalue weighted by atomic mass is 9.85. The highest BCUT2D eigenvalue weighted by Crippen LogP contribution is 2.39. The van der Waals surface area contributed by atoms with E-state index >= 15 is 0 Å². The number of aromatic nitrogens is 4. The van der Waals surface area contributed by atoms with E-state index in [-0.39, 0.29) is 54.6 Å². The smallest absolute Gasteiger partial charge is 0.250 e. The number of nitriles is 1. The Labute approximate surface area is 209 Å². The fourth-order valence-corrected chi connectivity index (χ4v) is 5.14. The molecule has 13 heteroatoms. The zero-order valence-corrected chi connectivity index (χ0v) is 19.6. The number of anilines is 3. The number of hydrogen-bond acceptors (Lipinski definition) is 7. The van der Waals surface area contributed by atoms with Gasteiger partial charge in [-0.25, -0.2) is 27.5 Å². The van der Waals surface area contributed by atoms with Crippen LogP contribution in [0, 0.1) is 28.9 Å². The number of carbonyl (C=O) groups is 1. The molecular weight excluding hydrogens is 492 g/mol. The van der Waals surface area contributed by atoms with Crippen molar-refractivity contribution >= 4 is 34.7 Å². The Morgan fingerprint density at radius 3 is 2.43 bits per heavy atom. The number of carbonyl (C=O) groups excluding carboxylic acids is 1. The first kappa shape index (κ1) is 24.7. The van der Waals surface area contributed by atoms with Crippen LogP contribution in [0.25, 0.3) is 11.2 Å². The molecule has 1 amide bonds. The van der Waals surface area contributed by atoms with Gasteiger partial charge in [-0.3, -0.25) is 9.36 Å². The van der Waals surface area contributed by atoms with E-state index in [1.807, 2.05) is 0 Å². The standard InChI is InChI=1S/C24H24F4N8O/c25-16-7-12(10-29)8-17(26)19(16)34-23-33-18-11-31-22(32-14-5-6-24(27,28)9-14)35-21(18)36(23)15-3-1-13(2-4-15)20(30)37/h7-8,11,13-15H,1-6,9H2,(H2,30,37)(H,33,34)(H,31,32,35)/t13?,14-,15?/m1/s1. The van der Waals surface area contributed by atoms with Crippen LogP contribution in [0.3, 0.4) is 0 Å². The molecule has 0 bridgehead atoms. The van der Waals surface area contributed by atoms with Gasteiger partial charge in [0.15, 0.2) is 17.3 Å². The van der Waals surface area contributed by atoms with Gasteiger partial charge in [0.2, 0.25) is 23.7 Å². The van der Waals surface area contributed by atoms with E-state index in [0.717, 1.165) is 12.1 Å². The third-order valence-electron chi connectivity index (χ3n) is 7.04. The molecule has 1 aromatic carbocycles. The molecular formula is C24H24F4N8O. The number of amides is 1. The summed E-state index contributed by atoms with van der Waals surface area (Å²) in [5.41, 5.74) is 5.49. The molecule has 1 atom stereocenters. The molecule has 2 aliphatic rings.